The summed E-state index contributed by atoms with van der Waals surface area (Å²) in [4.78, 5) is 0. The van der Waals surface area contributed by atoms with Crippen LogP contribution in [-0.2, 0) is 11.3 Å². The highest BCUT2D eigenvalue weighted by Crippen LogP contribution is 2.24. The summed E-state index contributed by atoms with van der Waals surface area (Å²) in [5.41, 5.74) is 2.41. The molecular weight excluding hydrogens is 250 g/mol. The molecule has 0 amide bonds. The van der Waals surface area contributed by atoms with Gasteiger partial charge >= 0.3 is 0 Å². The first-order chi connectivity index (χ1) is 9.72. The molecule has 1 N–H and O–H groups in total. The van der Waals surface area contributed by atoms with Crippen LogP contribution in [0, 0.1) is 0 Å². The molecule has 0 aliphatic rings. The standard InChI is InChI=1S/C17H29NO2/c1-5-7-8-11-19-13-16-12-15(14(3)18-4)9-10-17(16)20-6-2/h9-10,12,14,18H,5-8,11,13H2,1-4H3. The van der Waals surface area contributed by atoms with Crippen molar-refractivity contribution in [2.45, 2.75) is 52.7 Å². The summed E-state index contributed by atoms with van der Waals surface area (Å²) in [6.07, 6.45) is 3.59. The minimum absolute atomic E-state index is 0.338. The molecule has 1 atom stereocenters. The highest BCUT2D eigenvalue weighted by Gasteiger charge is 2.09. The minimum Gasteiger partial charge on any atom is -0.494 e. The van der Waals surface area contributed by atoms with E-state index in [9.17, 15) is 0 Å². The predicted molar refractivity (Wildman–Crippen MR) is 84.3 cm³/mol. The van der Waals surface area contributed by atoms with Gasteiger partial charge in [0.2, 0.25) is 0 Å². The topological polar surface area (TPSA) is 30.5 Å². The van der Waals surface area contributed by atoms with E-state index in [4.69, 9.17) is 9.47 Å². The van der Waals surface area contributed by atoms with E-state index in [-0.39, 0.29) is 0 Å². The van der Waals surface area contributed by atoms with Gasteiger partial charge in [0, 0.05) is 18.2 Å². The fourth-order valence-corrected chi connectivity index (χ4v) is 2.08. The zero-order valence-electron chi connectivity index (χ0n) is 13.4. The zero-order valence-corrected chi connectivity index (χ0v) is 13.4. The number of hydrogen-bond acceptors (Lipinski definition) is 3. The molecule has 0 heterocycles. The summed E-state index contributed by atoms with van der Waals surface area (Å²) in [6, 6.07) is 6.69. The van der Waals surface area contributed by atoms with Gasteiger partial charge < -0.3 is 14.8 Å². The van der Waals surface area contributed by atoms with E-state index >= 15 is 0 Å². The third-order valence-corrected chi connectivity index (χ3v) is 3.47. The van der Waals surface area contributed by atoms with Crippen LogP contribution in [-0.4, -0.2) is 20.3 Å². The molecule has 1 aromatic rings. The van der Waals surface area contributed by atoms with Gasteiger partial charge in [-0.1, -0.05) is 25.8 Å². The normalized spacial score (nSPS) is 12.4. The van der Waals surface area contributed by atoms with E-state index in [0.717, 1.165) is 24.3 Å². The third-order valence-electron chi connectivity index (χ3n) is 3.47. The predicted octanol–water partition coefficient (Wildman–Crippen LogP) is 4.07. The first kappa shape index (κ1) is 17.0. The molecule has 114 valence electrons. The van der Waals surface area contributed by atoms with Crippen LogP contribution in [0.3, 0.4) is 0 Å². The summed E-state index contributed by atoms with van der Waals surface area (Å²) >= 11 is 0. The molecule has 0 aliphatic heterocycles. The maximum absolute atomic E-state index is 5.78. The Morgan fingerprint density at radius 2 is 2.00 bits per heavy atom. The number of ether oxygens (including phenoxy) is 2. The lowest BCUT2D eigenvalue weighted by Gasteiger charge is -2.16. The number of unbranched alkanes of at least 4 members (excludes halogenated alkanes) is 2. The van der Waals surface area contributed by atoms with Crippen molar-refractivity contribution < 1.29 is 9.47 Å². The molecule has 0 aliphatic carbocycles. The zero-order chi connectivity index (χ0) is 14.8. The molecule has 1 unspecified atom stereocenters. The summed E-state index contributed by atoms with van der Waals surface area (Å²) in [7, 11) is 1.97. The lowest BCUT2D eigenvalue weighted by molar-refractivity contribution is 0.114. The Morgan fingerprint density at radius 3 is 2.65 bits per heavy atom. The van der Waals surface area contributed by atoms with E-state index < -0.39 is 0 Å². The smallest absolute Gasteiger partial charge is 0.124 e. The molecule has 1 aromatic carbocycles. The van der Waals surface area contributed by atoms with Crippen molar-refractivity contribution in [2.24, 2.45) is 0 Å². The second-order valence-electron chi connectivity index (χ2n) is 5.07. The number of rotatable bonds is 10. The van der Waals surface area contributed by atoms with Crippen molar-refractivity contribution >= 4 is 0 Å². The quantitative estimate of drug-likeness (QED) is 0.655. The minimum atomic E-state index is 0.338. The van der Waals surface area contributed by atoms with Crippen LogP contribution in [0.25, 0.3) is 0 Å². The van der Waals surface area contributed by atoms with E-state index in [1.165, 1.54) is 18.4 Å². The van der Waals surface area contributed by atoms with E-state index in [0.29, 0.717) is 19.3 Å². The Labute approximate surface area is 123 Å². The van der Waals surface area contributed by atoms with E-state index in [2.05, 4.69) is 37.4 Å². The Kier molecular flexibility index (Phi) is 8.31. The van der Waals surface area contributed by atoms with Crippen molar-refractivity contribution in [3.05, 3.63) is 29.3 Å². The van der Waals surface area contributed by atoms with Crippen LogP contribution in [0.5, 0.6) is 5.75 Å². The molecule has 0 fully saturated rings. The molecule has 0 radical (unpaired) electrons. The molecule has 0 saturated heterocycles. The number of benzene rings is 1. The van der Waals surface area contributed by atoms with Gasteiger partial charge in [-0.2, -0.15) is 0 Å². The van der Waals surface area contributed by atoms with E-state index in [1.807, 2.05) is 14.0 Å². The largest absolute Gasteiger partial charge is 0.494 e. The van der Waals surface area contributed by atoms with Crippen molar-refractivity contribution in [3.63, 3.8) is 0 Å². The van der Waals surface area contributed by atoms with Gasteiger partial charge in [-0.15, -0.1) is 0 Å². The number of hydrogen-bond donors (Lipinski definition) is 1. The van der Waals surface area contributed by atoms with Crippen molar-refractivity contribution in [3.8, 4) is 5.75 Å². The SMILES string of the molecule is CCCCCOCc1cc(C(C)NC)ccc1OCC. The molecule has 0 aromatic heterocycles. The van der Waals surface area contributed by atoms with Crippen LogP contribution in [0.15, 0.2) is 18.2 Å². The summed E-state index contributed by atoms with van der Waals surface area (Å²) in [5, 5.41) is 3.26. The van der Waals surface area contributed by atoms with Crippen LogP contribution in [0.4, 0.5) is 0 Å². The van der Waals surface area contributed by atoms with Gasteiger partial charge in [0.05, 0.1) is 13.2 Å². The lowest BCUT2D eigenvalue weighted by Crippen LogP contribution is -2.13. The average Bonchev–Trinajstić information content (AvgIpc) is 2.48. The second kappa shape index (κ2) is 9.78. The van der Waals surface area contributed by atoms with Crippen LogP contribution < -0.4 is 10.1 Å². The molecule has 1 rings (SSSR count). The fraction of sp³-hybridized carbons (Fsp3) is 0.647. The maximum atomic E-state index is 5.78. The second-order valence-corrected chi connectivity index (χ2v) is 5.07. The van der Waals surface area contributed by atoms with Gasteiger partial charge in [-0.3, -0.25) is 0 Å². The van der Waals surface area contributed by atoms with Gasteiger partial charge in [0.15, 0.2) is 0 Å². The highest BCUT2D eigenvalue weighted by molar-refractivity contribution is 5.38. The summed E-state index contributed by atoms with van der Waals surface area (Å²) in [6.45, 7) is 8.51. The first-order valence-corrected chi connectivity index (χ1v) is 7.73. The maximum Gasteiger partial charge on any atom is 0.124 e. The Hall–Kier alpha value is -1.06. The Bertz CT molecular complexity index is 379. The van der Waals surface area contributed by atoms with Gasteiger partial charge in [0.25, 0.3) is 0 Å². The molecule has 20 heavy (non-hydrogen) atoms. The lowest BCUT2D eigenvalue weighted by atomic mass is 10.0. The highest BCUT2D eigenvalue weighted by atomic mass is 16.5. The molecule has 3 heteroatoms. The van der Waals surface area contributed by atoms with Gasteiger partial charge in [-0.05, 0) is 45.0 Å². The van der Waals surface area contributed by atoms with Gasteiger partial charge in [0.1, 0.15) is 5.75 Å². The first-order valence-electron chi connectivity index (χ1n) is 7.73. The van der Waals surface area contributed by atoms with Crippen molar-refractivity contribution in [1.29, 1.82) is 0 Å². The Morgan fingerprint density at radius 1 is 1.20 bits per heavy atom. The number of nitrogens with one attached hydrogen (secondary N) is 1. The molecule has 0 saturated carbocycles. The Balaban J connectivity index is 2.67. The molecule has 3 nitrogen and oxygen atoms in total. The van der Waals surface area contributed by atoms with Crippen LogP contribution >= 0.6 is 0 Å². The molecule has 0 spiro atoms. The van der Waals surface area contributed by atoms with Gasteiger partial charge in [-0.25, -0.2) is 0 Å². The van der Waals surface area contributed by atoms with Crippen LogP contribution in [0.2, 0.25) is 0 Å². The fourth-order valence-electron chi connectivity index (χ4n) is 2.08. The van der Waals surface area contributed by atoms with Crippen molar-refractivity contribution in [2.75, 3.05) is 20.3 Å². The molecular formula is C17H29NO2. The van der Waals surface area contributed by atoms with Crippen LogP contribution in [0.1, 0.15) is 57.2 Å². The molecule has 0 bridgehead atoms. The third kappa shape index (κ3) is 5.51. The van der Waals surface area contributed by atoms with Crippen molar-refractivity contribution in [1.82, 2.24) is 5.32 Å². The summed E-state index contributed by atoms with van der Waals surface area (Å²) in [5.74, 6) is 0.940. The van der Waals surface area contributed by atoms with E-state index in [1.54, 1.807) is 0 Å². The monoisotopic (exact) mass is 279 g/mol. The summed E-state index contributed by atoms with van der Waals surface area (Å²) < 4.78 is 11.5. The average molecular weight is 279 g/mol.